The molecule has 0 spiro atoms. The van der Waals surface area contributed by atoms with Crippen LogP contribution >= 0.6 is 0 Å². The van der Waals surface area contributed by atoms with Crippen molar-refractivity contribution in [1.29, 1.82) is 5.26 Å². The van der Waals surface area contributed by atoms with E-state index in [1.807, 2.05) is 10.8 Å². The standard InChI is InChI=1S/C21H19F4N5O2S.C8H10F2N2O2S/c22-7-15(8-23)30(33(31,32)16-10-27-12-28-11-16)21-18(9-26)17-6-13(20(24)25)4-5-19(17)29(21)14-2-1-3-14;9-4-7(5-10)12-15(13,14)8-2-1-3-11-6-8/h4-6,10-12,14-15,20H,1-3,7-8H2;1-3,6-7,12H,4-5H2. The van der Waals surface area contributed by atoms with Crippen LogP contribution in [0.15, 0.2) is 71.2 Å². The van der Waals surface area contributed by atoms with E-state index in [4.69, 9.17) is 0 Å². The van der Waals surface area contributed by atoms with Gasteiger partial charge >= 0.3 is 0 Å². The van der Waals surface area contributed by atoms with Crippen molar-refractivity contribution in [2.45, 2.75) is 53.6 Å². The Kier molecular flexibility index (Phi) is 12.0. The van der Waals surface area contributed by atoms with Gasteiger partial charge in [0, 0.05) is 29.4 Å². The molecular weight excluding hydrogens is 688 g/mol. The van der Waals surface area contributed by atoms with Crippen LogP contribution < -0.4 is 9.03 Å². The van der Waals surface area contributed by atoms with Crippen LogP contribution in [0.3, 0.4) is 0 Å². The normalized spacial score (nSPS) is 13.8. The monoisotopic (exact) mass is 717 g/mol. The van der Waals surface area contributed by atoms with Crippen molar-refractivity contribution in [3.63, 3.8) is 0 Å². The SMILES string of the molecule is N#Cc1c(N(C(CF)CF)S(=O)(=O)c2cncnc2)n(C2CCC2)c2ccc(C(F)F)cc12.O=S(=O)(NC(CF)CF)c1cccnc1. The maximum absolute atomic E-state index is 14.0. The van der Waals surface area contributed by atoms with E-state index in [-0.39, 0.29) is 33.3 Å². The predicted molar refractivity (Wildman–Crippen MR) is 162 cm³/mol. The van der Waals surface area contributed by atoms with E-state index < -0.39 is 70.1 Å². The lowest BCUT2D eigenvalue weighted by Gasteiger charge is -2.35. The van der Waals surface area contributed by atoms with E-state index in [0.717, 1.165) is 37.4 Å². The average molecular weight is 718 g/mol. The van der Waals surface area contributed by atoms with Crippen molar-refractivity contribution >= 4 is 36.8 Å². The first kappa shape index (κ1) is 36.6. The molecule has 3 aromatic heterocycles. The summed E-state index contributed by atoms with van der Waals surface area (Å²) in [5.41, 5.74) is -0.252. The number of nitrogens with zero attached hydrogens (tertiary/aromatic N) is 6. The van der Waals surface area contributed by atoms with Crippen LogP contribution in [-0.2, 0) is 20.0 Å². The van der Waals surface area contributed by atoms with E-state index in [1.165, 1.54) is 35.0 Å². The van der Waals surface area contributed by atoms with Crippen molar-refractivity contribution in [2.75, 3.05) is 31.0 Å². The number of aromatic nitrogens is 4. The Hall–Kier alpha value is -4.28. The number of fused-ring (bicyclic) bond motifs is 1. The van der Waals surface area contributed by atoms with Crippen LogP contribution in [0.25, 0.3) is 10.9 Å². The maximum atomic E-state index is 14.0. The fraction of sp³-hybridized carbons (Fsp3) is 0.379. The Morgan fingerprint density at radius 1 is 0.938 bits per heavy atom. The van der Waals surface area contributed by atoms with Crippen molar-refractivity contribution in [2.24, 2.45) is 0 Å². The van der Waals surface area contributed by atoms with Crippen molar-refractivity contribution in [3.8, 4) is 6.07 Å². The smallest absolute Gasteiger partial charge is 0.268 e. The second-order valence-corrected chi connectivity index (χ2v) is 14.0. The van der Waals surface area contributed by atoms with Gasteiger partial charge in [-0.15, -0.1) is 0 Å². The fourth-order valence-corrected chi connectivity index (χ4v) is 7.56. The van der Waals surface area contributed by atoms with Gasteiger partial charge in [0.05, 0.1) is 24.0 Å². The highest BCUT2D eigenvalue weighted by molar-refractivity contribution is 7.92. The minimum absolute atomic E-state index is 0.0955. The molecule has 3 heterocycles. The summed E-state index contributed by atoms with van der Waals surface area (Å²) in [6, 6.07) is 4.93. The van der Waals surface area contributed by atoms with Gasteiger partial charge in [-0.25, -0.2) is 62.2 Å². The number of nitrogens with one attached hydrogen (secondary N) is 1. The lowest BCUT2D eigenvalue weighted by atomic mass is 9.92. The second-order valence-electron chi connectivity index (χ2n) is 10.5. The van der Waals surface area contributed by atoms with Crippen LogP contribution in [0.4, 0.5) is 32.2 Å². The average Bonchev–Trinajstić information content (AvgIpc) is 3.38. The highest BCUT2D eigenvalue weighted by Gasteiger charge is 2.40. The Bertz CT molecular complexity index is 1940. The predicted octanol–water partition coefficient (Wildman–Crippen LogP) is 5.14. The lowest BCUT2D eigenvalue weighted by molar-refractivity contribution is 0.151. The van der Waals surface area contributed by atoms with Crippen LogP contribution in [0.1, 0.15) is 42.9 Å². The molecule has 1 aromatic carbocycles. The number of pyridine rings is 1. The Morgan fingerprint density at radius 2 is 1.58 bits per heavy atom. The molecule has 1 saturated carbocycles. The number of halogens is 6. The lowest BCUT2D eigenvalue weighted by Crippen LogP contribution is -2.45. The molecule has 4 aromatic rings. The van der Waals surface area contributed by atoms with E-state index in [2.05, 4.69) is 15.0 Å². The van der Waals surface area contributed by atoms with E-state index in [1.54, 1.807) is 0 Å². The first-order valence-electron chi connectivity index (χ1n) is 14.3. The van der Waals surface area contributed by atoms with E-state index >= 15 is 0 Å². The minimum atomic E-state index is -4.62. The molecule has 0 atom stereocenters. The maximum Gasteiger partial charge on any atom is 0.268 e. The van der Waals surface area contributed by atoms with Gasteiger partial charge in [0.25, 0.3) is 16.4 Å². The third-order valence-electron chi connectivity index (χ3n) is 7.43. The molecule has 48 heavy (non-hydrogen) atoms. The summed E-state index contributed by atoms with van der Waals surface area (Å²) in [4.78, 5) is 10.4. The Balaban J connectivity index is 0.000000291. The molecule has 0 bridgehead atoms. The van der Waals surface area contributed by atoms with Gasteiger partial charge in [-0.2, -0.15) is 5.26 Å². The van der Waals surface area contributed by atoms with Crippen LogP contribution in [0.5, 0.6) is 0 Å². The summed E-state index contributed by atoms with van der Waals surface area (Å²) in [7, 11) is -8.49. The molecule has 0 aliphatic heterocycles. The zero-order valence-corrected chi connectivity index (χ0v) is 26.6. The first-order chi connectivity index (χ1) is 22.9. The quantitative estimate of drug-likeness (QED) is 0.187. The molecule has 1 N–H and O–H groups in total. The highest BCUT2D eigenvalue weighted by Crippen LogP contribution is 2.45. The summed E-state index contributed by atoms with van der Waals surface area (Å²) < 4.78 is 133. The van der Waals surface area contributed by atoms with E-state index in [9.17, 15) is 48.4 Å². The Labute approximate surface area is 272 Å². The van der Waals surface area contributed by atoms with Crippen LogP contribution in [0.2, 0.25) is 0 Å². The minimum Gasteiger partial charge on any atom is -0.322 e. The molecule has 19 heteroatoms. The molecule has 5 rings (SSSR count). The number of rotatable bonds is 13. The van der Waals surface area contributed by atoms with Crippen LogP contribution in [-0.4, -0.2) is 75.1 Å². The van der Waals surface area contributed by atoms with Gasteiger partial charge in [0.2, 0.25) is 10.0 Å². The largest absolute Gasteiger partial charge is 0.322 e. The molecule has 0 amide bonds. The highest BCUT2D eigenvalue weighted by atomic mass is 32.2. The summed E-state index contributed by atoms with van der Waals surface area (Å²) in [5.74, 6) is -0.243. The number of hydrogen-bond acceptors (Lipinski definition) is 8. The Morgan fingerprint density at radius 3 is 2.08 bits per heavy atom. The molecule has 1 aliphatic carbocycles. The third-order valence-corrected chi connectivity index (χ3v) is 10.7. The molecular formula is C29H29F6N7O4S2. The molecule has 0 saturated heterocycles. The number of alkyl halides is 6. The number of sulfonamides is 2. The van der Waals surface area contributed by atoms with Gasteiger partial charge in [-0.3, -0.25) is 4.98 Å². The summed E-state index contributed by atoms with van der Waals surface area (Å²) >= 11 is 0. The number of benzene rings is 1. The topological polar surface area (TPSA) is 151 Å². The van der Waals surface area contributed by atoms with Crippen molar-refractivity contribution < 1.29 is 43.2 Å². The van der Waals surface area contributed by atoms with Gasteiger partial charge < -0.3 is 4.57 Å². The first-order valence-corrected chi connectivity index (χ1v) is 17.2. The fourth-order valence-electron chi connectivity index (χ4n) is 4.88. The summed E-state index contributed by atoms with van der Waals surface area (Å²) in [6.07, 6.45) is 4.87. The number of hydrogen-bond donors (Lipinski definition) is 1. The van der Waals surface area contributed by atoms with Crippen molar-refractivity contribution in [1.82, 2.24) is 24.2 Å². The van der Waals surface area contributed by atoms with Gasteiger partial charge in [0.1, 0.15) is 66.3 Å². The number of anilines is 1. The molecule has 11 nitrogen and oxygen atoms in total. The van der Waals surface area contributed by atoms with E-state index in [0.29, 0.717) is 22.7 Å². The molecule has 0 unspecified atom stereocenters. The van der Waals surface area contributed by atoms with Crippen molar-refractivity contribution in [3.05, 3.63) is 72.6 Å². The summed E-state index contributed by atoms with van der Waals surface area (Å²) in [6.45, 7) is -4.92. The second kappa shape index (κ2) is 15.7. The number of nitriles is 1. The molecule has 1 aliphatic rings. The zero-order valence-electron chi connectivity index (χ0n) is 24.9. The van der Waals surface area contributed by atoms with Crippen LogP contribution in [0, 0.1) is 11.3 Å². The zero-order chi connectivity index (χ0) is 35.1. The van der Waals surface area contributed by atoms with Gasteiger partial charge in [-0.1, -0.05) is 6.07 Å². The molecule has 258 valence electrons. The summed E-state index contributed by atoms with van der Waals surface area (Å²) in [5, 5.41) is 10.1. The van der Waals surface area contributed by atoms with Gasteiger partial charge in [-0.05, 0) is 43.5 Å². The molecule has 0 radical (unpaired) electrons. The third kappa shape index (κ3) is 7.55. The molecule has 1 fully saturated rings. The van der Waals surface area contributed by atoms with Gasteiger partial charge in [0.15, 0.2) is 0 Å².